The molecule has 4 rings (SSSR count). The molecule has 0 saturated carbocycles. The topological polar surface area (TPSA) is 85.8 Å². The number of nitrogens with zero attached hydrogens (tertiary/aromatic N) is 5. The number of hydrogen-bond acceptors (Lipinski definition) is 6. The third-order valence-electron chi connectivity index (χ3n) is 4.94. The lowest BCUT2D eigenvalue weighted by atomic mass is 10.0. The molecule has 0 saturated heterocycles. The number of aryl methyl sites for hydroxylation is 1. The molecule has 0 aliphatic heterocycles. The summed E-state index contributed by atoms with van der Waals surface area (Å²) >= 11 is 1.26. The molecule has 11 heteroatoms. The van der Waals surface area contributed by atoms with Gasteiger partial charge in [0, 0.05) is 6.20 Å². The Morgan fingerprint density at radius 1 is 1.38 bits per heavy atom. The molecular formula is C18H16F3N5O2S. The zero-order chi connectivity index (χ0) is 21.0. The second kappa shape index (κ2) is 6.70. The molecule has 152 valence electrons. The van der Waals surface area contributed by atoms with Gasteiger partial charge in [0.15, 0.2) is 16.6 Å². The highest BCUT2D eigenvalue weighted by atomic mass is 32.2. The highest BCUT2D eigenvalue weighted by Gasteiger charge is 2.59. The van der Waals surface area contributed by atoms with Gasteiger partial charge in [-0.3, -0.25) is 4.79 Å². The van der Waals surface area contributed by atoms with Gasteiger partial charge in [-0.05, 0) is 30.7 Å². The Morgan fingerprint density at radius 2 is 2.14 bits per heavy atom. The molecule has 0 bridgehead atoms. The zero-order valence-electron chi connectivity index (χ0n) is 15.3. The van der Waals surface area contributed by atoms with Crippen molar-refractivity contribution >= 4 is 22.8 Å². The quantitative estimate of drug-likeness (QED) is 0.394. The fourth-order valence-electron chi connectivity index (χ4n) is 3.50. The van der Waals surface area contributed by atoms with Crippen LogP contribution in [0.15, 0.2) is 40.9 Å². The van der Waals surface area contributed by atoms with Crippen LogP contribution in [0.2, 0.25) is 0 Å². The number of allylic oxidation sites excluding steroid dienone is 1. The molecule has 0 aromatic carbocycles. The van der Waals surface area contributed by atoms with Gasteiger partial charge in [0.1, 0.15) is 5.39 Å². The summed E-state index contributed by atoms with van der Waals surface area (Å²) < 4.78 is 43.2. The van der Waals surface area contributed by atoms with E-state index in [-0.39, 0.29) is 29.8 Å². The van der Waals surface area contributed by atoms with E-state index in [1.54, 1.807) is 6.26 Å². The van der Waals surface area contributed by atoms with E-state index in [0.29, 0.717) is 10.7 Å². The van der Waals surface area contributed by atoms with Crippen LogP contribution in [0.4, 0.5) is 13.2 Å². The fraction of sp³-hybridized carbons (Fsp3) is 0.333. The zero-order valence-corrected chi connectivity index (χ0v) is 16.1. The van der Waals surface area contributed by atoms with Crippen LogP contribution in [0.3, 0.4) is 0 Å². The van der Waals surface area contributed by atoms with Gasteiger partial charge in [-0.2, -0.15) is 13.2 Å². The molecule has 1 aliphatic carbocycles. The van der Waals surface area contributed by atoms with Crippen molar-refractivity contribution in [2.45, 2.75) is 36.3 Å². The molecule has 1 atom stereocenters. The van der Waals surface area contributed by atoms with Crippen molar-refractivity contribution in [3.63, 3.8) is 0 Å². The monoisotopic (exact) mass is 423 g/mol. The van der Waals surface area contributed by atoms with Crippen molar-refractivity contribution in [2.24, 2.45) is 0 Å². The number of rotatable bonds is 4. The Labute approximate surface area is 166 Å². The first-order chi connectivity index (χ1) is 13.7. The van der Waals surface area contributed by atoms with Crippen LogP contribution in [0.25, 0.3) is 16.9 Å². The lowest BCUT2D eigenvalue weighted by molar-refractivity contribution is -0.266. The van der Waals surface area contributed by atoms with Gasteiger partial charge in [0.25, 0.3) is 5.56 Å². The second-order valence-electron chi connectivity index (χ2n) is 6.62. The van der Waals surface area contributed by atoms with Gasteiger partial charge < -0.3 is 5.11 Å². The summed E-state index contributed by atoms with van der Waals surface area (Å²) in [6.45, 7) is 3.72. The first-order valence-corrected chi connectivity index (χ1v) is 9.87. The van der Waals surface area contributed by atoms with E-state index in [1.807, 2.05) is 0 Å². The molecule has 1 N–H and O–H groups in total. The fourth-order valence-corrected chi connectivity index (χ4v) is 3.83. The van der Waals surface area contributed by atoms with Gasteiger partial charge >= 0.3 is 6.18 Å². The summed E-state index contributed by atoms with van der Waals surface area (Å²) in [4.78, 5) is 25.4. The Balaban J connectivity index is 2.01. The molecule has 3 aromatic heterocycles. The minimum absolute atomic E-state index is 0.0491. The van der Waals surface area contributed by atoms with Crippen LogP contribution < -0.4 is 5.56 Å². The molecule has 7 nitrogen and oxygen atoms in total. The second-order valence-corrected chi connectivity index (χ2v) is 7.39. The van der Waals surface area contributed by atoms with E-state index < -0.39 is 29.5 Å². The number of hydrogen-bond donors (Lipinski definition) is 1. The molecule has 1 aliphatic rings. The van der Waals surface area contributed by atoms with Crippen molar-refractivity contribution in [3.05, 3.63) is 52.6 Å². The van der Waals surface area contributed by atoms with Crippen molar-refractivity contribution in [1.82, 2.24) is 24.3 Å². The maximum absolute atomic E-state index is 13.5. The van der Waals surface area contributed by atoms with E-state index in [9.17, 15) is 23.1 Å². The lowest BCUT2D eigenvalue weighted by Crippen LogP contribution is -2.41. The normalized spacial score (nSPS) is 18.9. The van der Waals surface area contributed by atoms with Gasteiger partial charge in [0.05, 0.1) is 12.2 Å². The lowest BCUT2D eigenvalue weighted by Gasteiger charge is -2.26. The van der Waals surface area contributed by atoms with Gasteiger partial charge in [-0.15, -0.1) is 6.58 Å². The first-order valence-electron chi connectivity index (χ1n) is 8.64. The minimum Gasteiger partial charge on any atom is -0.375 e. The number of pyridine rings is 1. The summed E-state index contributed by atoms with van der Waals surface area (Å²) in [5.74, 6) is 0.0491. The third kappa shape index (κ3) is 2.87. The number of halogens is 3. The summed E-state index contributed by atoms with van der Waals surface area (Å²) in [7, 11) is 0. The summed E-state index contributed by atoms with van der Waals surface area (Å²) in [6.07, 6.45) is -0.666. The SMILES string of the molecule is C=CCn1c(=O)c2cnc(SC)nc2n1-c1ccc2c(n1)C(O)(C(F)(F)F)CC2. The van der Waals surface area contributed by atoms with E-state index in [2.05, 4.69) is 21.5 Å². The summed E-state index contributed by atoms with van der Waals surface area (Å²) in [6, 6.07) is 3.01. The molecule has 29 heavy (non-hydrogen) atoms. The van der Waals surface area contributed by atoms with Gasteiger partial charge in [0.2, 0.25) is 5.60 Å². The molecule has 0 spiro atoms. The summed E-state index contributed by atoms with van der Waals surface area (Å²) in [5.41, 5.74) is -3.34. The molecule has 0 amide bonds. The van der Waals surface area contributed by atoms with Crippen molar-refractivity contribution in [1.29, 1.82) is 0 Å². The summed E-state index contributed by atoms with van der Waals surface area (Å²) in [5, 5.41) is 10.9. The molecule has 1 unspecified atom stereocenters. The predicted octanol–water partition coefficient (Wildman–Crippen LogP) is 2.58. The maximum atomic E-state index is 13.5. The Bertz CT molecular complexity index is 1190. The van der Waals surface area contributed by atoms with Crippen LogP contribution in [0.1, 0.15) is 17.7 Å². The smallest absolute Gasteiger partial charge is 0.375 e. The Hall–Kier alpha value is -2.66. The standard InChI is InChI=1S/C18H16F3N5O2S/c1-3-8-25-15(27)11-9-22-16(29-2)24-14(11)26(25)12-5-4-10-6-7-17(28,13(10)23-12)18(19,20)21/h3-5,9,28H,1,6-8H2,2H3. The van der Waals surface area contributed by atoms with Crippen LogP contribution in [0, 0.1) is 0 Å². The average Bonchev–Trinajstić information content (AvgIpc) is 3.17. The molecule has 3 heterocycles. The van der Waals surface area contributed by atoms with E-state index >= 15 is 0 Å². The minimum atomic E-state index is -4.86. The van der Waals surface area contributed by atoms with Crippen LogP contribution in [0.5, 0.6) is 0 Å². The Morgan fingerprint density at radius 3 is 2.79 bits per heavy atom. The number of aromatic nitrogens is 5. The van der Waals surface area contributed by atoms with Crippen molar-refractivity contribution in [3.8, 4) is 5.82 Å². The molecule has 0 fully saturated rings. The van der Waals surface area contributed by atoms with Crippen LogP contribution in [-0.4, -0.2) is 41.9 Å². The van der Waals surface area contributed by atoms with E-state index in [1.165, 1.54) is 45.5 Å². The molecular weight excluding hydrogens is 407 g/mol. The maximum Gasteiger partial charge on any atom is 0.423 e. The number of thioether (sulfide) groups is 1. The highest BCUT2D eigenvalue weighted by Crippen LogP contribution is 2.47. The van der Waals surface area contributed by atoms with Gasteiger partial charge in [-0.25, -0.2) is 24.3 Å². The van der Waals surface area contributed by atoms with Gasteiger partial charge in [-0.1, -0.05) is 23.9 Å². The predicted molar refractivity (Wildman–Crippen MR) is 101 cm³/mol. The largest absolute Gasteiger partial charge is 0.423 e. The number of fused-ring (bicyclic) bond motifs is 2. The van der Waals surface area contributed by atoms with Crippen molar-refractivity contribution < 1.29 is 18.3 Å². The molecule has 0 radical (unpaired) electrons. The highest BCUT2D eigenvalue weighted by molar-refractivity contribution is 7.98. The van der Waals surface area contributed by atoms with E-state index in [4.69, 9.17) is 0 Å². The Kier molecular flexibility index (Phi) is 4.54. The number of aliphatic hydroxyl groups is 1. The third-order valence-corrected chi connectivity index (χ3v) is 5.50. The van der Waals surface area contributed by atoms with Crippen LogP contribution in [-0.2, 0) is 18.6 Å². The number of alkyl halides is 3. The van der Waals surface area contributed by atoms with E-state index in [0.717, 1.165) is 0 Å². The van der Waals surface area contributed by atoms with Crippen molar-refractivity contribution in [2.75, 3.05) is 6.26 Å². The first kappa shape index (κ1) is 19.6. The van der Waals surface area contributed by atoms with Crippen LogP contribution >= 0.6 is 11.8 Å². The average molecular weight is 423 g/mol. The molecule has 3 aromatic rings.